The summed E-state index contributed by atoms with van der Waals surface area (Å²) in [4.78, 5) is 13.8. The molecule has 2 aromatic carbocycles. The molecule has 0 aliphatic carbocycles. The first-order chi connectivity index (χ1) is 23.6. The molecule has 0 amide bonds. The summed E-state index contributed by atoms with van der Waals surface area (Å²) in [5, 5.41) is 24.9. The van der Waals surface area contributed by atoms with Crippen molar-refractivity contribution >= 4 is 26.9 Å². The normalized spacial score (nSPS) is 17.6. The number of nitriles is 1. The first-order valence-electron chi connectivity index (χ1n) is 15.8. The van der Waals surface area contributed by atoms with Crippen molar-refractivity contribution < 1.29 is 22.4 Å². The summed E-state index contributed by atoms with van der Waals surface area (Å²) >= 11 is 0. The lowest BCUT2D eigenvalue weighted by Crippen LogP contribution is -2.68. The number of aromatic hydroxyl groups is 1. The van der Waals surface area contributed by atoms with E-state index in [4.69, 9.17) is 9.51 Å². The third-order valence-corrected chi connectivity index (χ3v) is 11.2. The van der Waals surface area contributed by atoms with Gasteiger partial charge in [-0.1, -0.05) is 22.9 Å². The van der Waals surface area contributed by atoms with E-state index in [1.165, 1.54) is 24.4 Å². The number of piperazine rings is 1. The fourth-order valence-electron chi connectivity index (χ4n) is 6.98. The monoisotopic (exact) mass is 675 g/mol. The zero-order chi connectivity index (χ0) is 34.0. The average Bonchev–Trinajstić information content (AvgIpc) is 3.72. The van der Waals surface area contributed by atoms with E-state index in [1.54, 1.807) is 49.5 Å². The number of phenolic OH excluding ortho intramolecular Hbond substituents is 1. The smallest absolute Gasteiger partial charge is 0.269 e. The van der Waals surface area contributed by atoms with Crippen molar-refractivity contribution in [1.29, 1.82) is 5.26 Å². The Bertz CT molecular complexity index is 2390. The number of hydrogen-bond acceptors (Lipinski definition) is 10. The van der Waals surface area contributed by atoms with Crippen molar-refractivity contribution in [2.75, 3.05) is 18.0 Å². The lowest BCUT2D eigenvalue weighted by molar-refractivity contribution is -0.00921. The first kappa shape index (κ1) is 30.7. The molecule has 3 aliphatic heterocycles. The van der Waals surface area contributed by atoms with Crippen LogP contribution in [0.3, 0.4) is 0 Å². The molecule has 0 spiro atoms. The number of halogens is 1. The van der Waals surface area contributed by atoms with Crippen molar-refractivity contribution in [3.05, 3.63) is 107 Å². The second-order valence-electron chi connectivity index (χ2n) is 12.6. The van der Waals surface area contributed by atoms with Gasteiger partial charge in [0.25, 0.3) is 10.0 Å². The van der Waals surface area contributed by atoms with E-state index in [0.29, 0.717) is 40.1 Å². The Kier molecular flexibility index (Phi) is 7.24. The fraction of sp³-hybridized carbons (Fsp3) is 0.222. The molecule has 4 aromatic heterocycles. The Labute approximate surface area is 281 Å². The largest absolute Gasteiger partial charge is 0.508 e. The molecule has 9 rings (SSSR count). The summed E-state index contributed by atoms with van der Waals surface area (Å²) in [5.74, 6) is 1.00. The fourth-order valence-corrected chi connectivity index (χ4v) is 8.44. The van der Waals surface area contributed by atoms with E-state index in [1.807, 2.05) is 19.1 Å². The highest BCUT2D eigenvalue weighted by Crippen LogP contribution is 2.40. The number of benzene rings is 2. The van der Waals surface area contributed by atoms with Crippen LogP contribution < -0.4 is 4.90 Å². The molecular formula is C36H30FN7O4S. The van der Waals surface area contributed by atoms with Gasteiger partial charge in [-0.05, 0) is 68.8 Å². The van der Waals surface area contributed by atoms with E-state index in [0.717, 1.165) is 34.9 Å². The van der Waals surface area contributed by atoms with Gasteiger partial charge in [0.05, 0.1) is 16.2 Å². The number of anilines is 1. The van der Waals surface area contributed by atoms with Crippen LogP contribution in [0, 0.1) is 31.0 Å². The topological polar surface area (TPSA) is 141 Å². The highest BCUT2D eigenvalue weighted by molar-refractivity contribution is 7.90. The molecular weight excluding hydrogens is 646 g/mol. The zero-order valence-corrected chi connectivity index (χ0v) is 27.4. The van der Waals surface area contributed by atoms with Gasteiger partial charge in [-0.25, -0.2) is 26.7 Å². The number of piperidine rings is 1. The number of aromatic nitrogens is 4. The van der Waals surface area contributed by atoms with Gasteiger partial charge in [0.15, 0.2) is 5.65 Å². The van der Waals surface area contributed by atoms with Crippen molar-refractivity contribution in [2.45, 2.75) is 43.8 Å². The zero-order valence-electron chi connectivity index (χ0n) is 26.6. The molecule has 2 atom stereocenters. The third-order valence-electron chi connectivity index (χ3n) is 9.46. The summed E-state index contributed by atoms with van der Waals surface area (Å²) < 4.78 is 48.6. The maximum atomic E-state index is 14.2. The molecule has 11 nitrogen and oxygen atoms in total. The van der Waals surface area contributed by atoms with Crippen LogP contribution in [-0.4, -0.2) is 62.7 Å². The molecule has 3 saturated heterocycles. The minimum absolute atomic E-state index is 0.0849. The van der Waals surface area contributed by atoms with Crippen molar-refractivity contribution in [3.8, 4) is 34.3 Å². The van der Waals surface area contributed by atoms with Gasteiger partial charge in [0.2, 0.25) is 0 Å². The molecule has 3 fully saturated rings. The van der Waals surface area contributed by atoms with Gasteiger partial charge < -0.3 is 14.5 Å². The minimum Gasteiger partial charge on any atom is -0.508 e. The third kappa shape index (κ3) is 5.20. The maximum absolute atomic E-state index is 14.2. The second kappa shape index (κ2) is 11.5. The number of rotatable bonds is 7. The van der Waals surface area contributed by atoms with Gasteiger partial charge in [-0.2, -0.15) is 5.26 Å². The SMILES string of the molecule is Cc1ccc(S(=O)(=O)n2c(-c3cc(C)on3)cc3c(-c4ccc(N5CC6CC(C5)N6Cc5cc(F)ccc5O)nc4)c(C#N)cnc32)cc1. The van der Waals surface area contributed by atoms with Crippen LogP contribution in [0.4, 0.5) is 10.2 Å². The number of aryl methyl sites for hydroxylation is 2. The molecule has 3 aliphatic rings. The highest BCUT2D eigenvalue weighted by atomic mass is 32.2. The number of nitrogens with zero attached hydrogens (tertiary/aromatic N) is 7. The van der Waals surface area contributed by atoms with Crippen molar-refractivity contribution in [2.24, 2.45) is 0 Å². The van der Waals surface area contributed by atoms with Crippen LogP contribution >= 0.6 is 0 Å². The van der Waals surface area contributed by atoms with Gasteiger partial charge in [0, 0.05) is 72.3 Å². The Morgan fingerprint density at radius 1 is 1.00 bits per heavy atom. The van der Waals surface area contributed by atoms with Crippen LogP contribution in [-0.2, 0) is 16.6 Å². The van der Waals surface area contributed by atoms with Crippen LogP contribution in [0.5, 0.6) is 5.75 Å². The number of phenols is 1. The molecule has 1 N–H and O–H groups in total. The maximum Gasteiger partial charge on any atom is 0.269 e. The number of hydrogen-bond donors (Lipinski definition) is 1. The van der Waals surface area contributed by atoms with Crippen LogP contribution in [0.2, 0.25) is 0 Å². The Balaban J connectivity index is 1.15. The number of pyridine rings is 2. The predicted octanol–water partition coefficient (Wildman–Crippen LogP) is 5.79. The standard InChI is InChI=1S/C36H30FN7O4S/c1-21-3-7-29(8-4-21)49(46,47)44-32(31-11-22(2)48-41-31)14-30-35(25(15-38)17-40-36(30)44)23-5-10-34(39-16-23)42-19-27-13-28(20-42)43(27)18-24-12-26(37)6-9-33(24)45/h3-12,14,16-17,27-28,45H,13,18-20H2,1-2H3. The summed E-state index contributed by atoms with van der Waals surface area (Å²) in [7, 11) is -4.15. The summed E-state index contributed by atoms with van der Waals surface area (Å²) in [6.07, 6.45) is 4.09. The molecule has 0 radical (unpaired) electrons. The Hall–Kier alpha value is -5.58. The van der Waals surface area contributed by atoms with Crippen LogP contribution in [0.25, 0.3) is 33.5 Å². The van der Waals surface area contributed by atoms with Gasteiger partial charge in [-0.3, -0.25) is 4.90 Å². The Morgan fingerprint density at radius 3 is 2.45 bits per heavy atom. The van der Waals surface area contributed by atoms with E-state index in [-0.39, 0.29) is 45.5 Å². The van der Waals surface area contributed by atoms with E-state index in [9.17, 15) is 23.2 Å². The van der Waals surface area contributed by atoms with Gasteiger partial charge in [-0.15, -0.1) is 0 Å². The number of fused-ring (bicyclic) bond motifs is 3. The second-order valence-corrected chi connectivity index (χ2v) is 14.4. The van der Waals surface area contributed by atoms with E-state index >= 15 is 0 Å². The molecule has 7 heterocycles. The molecule has 6 aromatic rings. The molecule has 13 heteroatoms. The van der Waals surface area contributed by atoms with E-state index < -0.39 is 10.0 Å². The molecule has 2 bridgehead atoms. The van der Waals surface area contributed by atoms with Crippen LogP contribution in [0.1, 0.15) is 28.9 Å². The highest BCUT2D eigenvalue weighted by Gasteiger charge is 2.45. The lowest BCUT2D eigenvalue weighted by Gasteiger charge is -2.56. The minimum atomic E-state index is -4.15. The van der Waals surface area contributed by atoms with Crippen molar-refractivity contribution in [1.82, 2.24) is 24.0 Å². The predicted molar refractivity (Wildman–Crippen MR) is 180 cm³/mol. The van der Waals surface area contributed by atoms with Crippen molar-refractivity contribution in [3.63, 3.8) is 0 Å². The van der Waals surface area contributed by atoms with Gasteiger partial charge >= 0.3 is 0 Å². The summed E-state index contributed by atoms with van der Waals surface area (Å²) in [5.41, 5.74) is 3.62. The lowest BCUT2D eigenvalue weighted by atomic mass is 9.86. The Morgan fingerprint density at radius 2 is 1.78 bits per heavy atom. The van der Waals surface area contributed by atoms with E-state index in [2.05, 4.69) is 26.0 Å². The molecule has 2 unspecified atom stereocenters. The summed E-state index contributed by atoms with van der Waals surface area (Å²) in [6, 6.07) is 20.4. The average molecular weight is 676 g/mol. The summed E-state index contributed by atoms with van der Waals surface area (Å²) in [6.45, 7) is 5.53. The molecule has 246 valence electrons. The van der Waals surface area contributed by atoms with Gasteiger partial charge in [0.1, 0.15) is 34.9 Å². The first-order valence-corrected chi connectivity index (χ1v) is 17.2. The quantitative estimate of drug-likeness (QED) is 0.221. The molecule has 49 heavy (non-hydrogen) atoms. The van der Waals surface area contributed by atoms with Crippen LogP contribution in [0.15, 0.2) is 88.5 Å². The molecule has 0 saturated carbocycles.